The van der Waals surface area contributed by atoms with Crippen LogP contribution in [0.1, 0.15) is 7.43 Å². The Kier molecular flexibility index (Phi) is 7.33. The van der Waals surface area contributed by atoms with Crippen molar-refractivity contribution in [2.45, 2.75) is 7.43 Å². The van der Waals surface area contributed by atoms with E-state index in [1.165, 1.54) is 0 Å². The van der Waals surface area contributed by atoms with E-state index in [1.54, 1.807) is 0 Å². The second kappa shape index (κ2) is 4.01. The van der Waals surface area contributed by atoms with Crippen LogP contribution < -0.4 is 0 Å². The molecular formula is CH4Cl4Pb. The average Bonchev–Trinajstić information content (AvgIpc) is 0.722. The van der Waals surface area contributed by atoms with Crippen LogP contribution in [0.2, 0.25) is 0 Å². The van der Waals surface area contributed by atoms with Crippen LogP contribution in [0.4, 0.5) is 0 Å². The molecule has 0 aromatic rings. The van der Waals surface area contributed by atoms with E-state index in [4.69, 9.17) is 33.3 Å². The van der Waals surface area contributed by atoms with Crippen molar-refractivity contribution >= 4 is 49.5 Å². The van der Waals surface area contributed by atoms with Crippen molar-refractivity contribution in [3.63, 3.8) is 0 Å². The van der Waals surface area contributed by atoms with Gasteiger partial charge in [-0.1, -0.05) is 7.43 Å². The van der Waals surface area contributed by atoms with Crippen molar-refractivity contribution in [1.29, 1.82) is 0 Å². The predicted octanol–water partition coefficient (Wildman–Crippen LogP) is 3.01. The fourth-order valence-corrected chi connectivity index (χ4v) is 0. The fourth-order valence-electron chi connectivity index (χ4n) is 0. The molecule has 0 radical (unpaired) electrons. The number of hydrogen-bond acceptors (Lipinski definition) is 0. The van der Waals surface area contributed by atoms with E-state index in [1.807, 2.05) is 0 Å². The van der Waals surface area contributed by atoms with Gasteiger partial charge in [0.2, 0.25) is 0 Å². The zero-order valence-corrected chi connectivity index (χ0v) is 8.92. The van der Waals surface area contributed by atoms with Crippen molar-refractivity contribution in [2.24, 2.45) is 0 Å². The SMILES string of the molecule is C.[Cl][Pb]([Cl])([Cl])[Cl]. The quantitative estimate of drug-likeness (QED) is 0.579. The number of halogens is 4. The van der Waals surface area contributed by atoms with Crippen LogP contribution in [0.3, 0.4) is 0 Å². The maximum absolute atomic E-state index is 5.05. The molecule has 5 heteroatoms. The molecule has 0 aromatic carbocycles. The third-order valence-corrected chi connectivity index (χ3v) is 0. The van der Waals surface area contributed by atoms with Crippen LogP contribution in [0, 0.1) is 0 Å². The van der Waals surface area contributed by atoms with Crippen molar-refractivity contribution in [2.75, 3.05) is 0 Å². The Morgan fingerprint density at radius 3 is 0.833 bits per heavy atom. The van der Waals surface area contributed by atoms with Gasteiger partial charge in [0.1, 0.15) is 0 Å². The first-order valence-corrected chi connectivity index (χ1v) is 19.9. The predicted molar refractivity (Wildman–Crippen MR) is 35.9 cm³/mol. The zero-order valence-electron chi connectivity index (χ0n) is 2.01. The monoisotopic (exact) mass is 364 g/mol. The molecule has 40 valence electrons. The fraction of sp³-hybridized carbons (Fsp3) is 1.00. The van der Waals surface area contributed by atoms with Gasteiger partial charge in [-0.25, -0.2) is 0 Å². The van der Waals surface area contributed by atoms with Gasteiger partial charge in [0, 0.05) is 0 Å². The molecular weight excluding hydrogens is 361 g/mol. The van der Waals surface area contributed by atoms with E-state index in [0.717, 1.165) is 0 Å². The molecule has 6 heavy (non-hydrogen) atoms. The maximum atomic E-state index is 5.05. The molecule has 0 atom stereocenters. The molecule has 0 unspecified atom stereocenters. The average molecular weight is 365 g/mol. The van der Waals surface area contributed by atoms with Crippen LogP contribution in [0.15, 0.2) is 0 Å². The first kappa shape index (κ1) is 11.0. The van der Waals surface area contributed by atoms with E-state index >= 15 is 0 Å². The van der Waals surface area contributed by atoms with Crippen molar-refractivity contribution in [3.05, 3.63) is 0 Å². The molecule has 0 bridgehead atoms. The third-order valence-electron chi connectivity index (χ3n) is 0. The van der Waals surface area contributed by atoms with Gasteiger partial charge in [0.05, 0.1) is 0 Å². The summed E-state index contributed by atoms with van der Waals surface area (Å²) in [6.45, 7) is 0. The third kappa shape index (κ3) is 36.2. The molecule has 0 saturated heterocycles. The molecule has 0 aliphatic carbocycles. The molecule has 0 aliphatic rings. The van der Waals surface area contributed by atoms with E-state index in [2.05, 4.69) is 0 Å². The molecule has 0 aliphatic heterocycles. The van der Waals surface area contributed by atoms with Crippen LogP contribution in [0.25, 0.3) is 0 Å². The summed E-state index contributed by atoms with van der Waals surface area (Å²) in [5, 5.41) is 0. The summed E-state index contributed by atoms with van der Waals surface area (Å²) in [7, 11) is 20.2. The minimum absolute atomic E-state index is 0. The molecule has 0 spiro atoms. The van der Waals surface area contributed by atoms with Crippen LogP contribution in [-0.2, 0) is 0 Å². The summed E-state index contributed by atoms with van der Waals surface area (Å²) in [5.74, 6) is 0. The van der Waals surface area contributed by atoms with Crippen molar-refractivity contribution < 1.29 is 0 Å². The molecule has 0 fully saturated rings. The van der Waals surface area contributed by atoms with Gasteiger partial charge in [0.15, 0.2) is 0 Å². The van der Waals surface area contributed by atoms with Crippen molar-refractivity contribution in [1.82, 2.24) is 0 Å². The summed E-state index contributed by atoms with van der Waals surface area (Å²) in [4.78, 5) is 0. The Morgan fingerprint density at radius 1 is 0.833 bits per heavy atom. The first-order chi connectivity index (χ1) is 2.00. The molecule has 0 saturated carbocycles. The summed E-state index contributed by atoms with van der Waals surface area (Å²) in [6, 6.07) is 0. The van der Waals surface area contributed by atoms with Gasteiger partial charge in [0.25, 0.3) is 0 Å². The van der Waals surface area contributed by atoms with Gasteiger partial charge < -0.3 is 0 Å². The van der Waals surface area contributed by atoms with E-state index in [-0.39, 0.29) is 7.43 Å². The van der Waals surface area contributed by atoms with Gasteiger partial charge in [-0.3, -0.25) is 0 Å². The summed E-state index contributed by atoms with van der Waals surface area (Å²) in [5.41, 5.74) is 0. The molecule has 0 N–H and O–H groups in total. The topological polar surface area (TPSA) is 0 Å². The normalized spacial score (nSPS) is 10.0. The van der Waals surface area contributed by atoms with E-state index < -0.39 is 16.3 Å². The summed E-state index contributed by atoms with van der Waals surface area (Å²) >= 11 is -3.39. The minimum atomic E-state index is -3.39. The second-order valence-corrected chi connectivity index (χ2v) is 33.8. The molecule has 0 rings (SSSR count). The summed E-state index contributed by atoms with van der Waals surface area (Å²) < 4.78 is 0. The van der Waals surface area contributed by atoms with Gasteiger partial charge >= 0.3 is 49.5 Å². The Morgan fingerprint density at radius 2 is 0.833 bits per heavy atom. The molecule has 0 aromatic heterocycles. The van der Waals surface area contributed by atoms with Gasteiger partial charge in [-0.15, -0.1) is 0 Å². The molecule has 0 nitrogen and oxygen atoms in total. The first-order valence-electron chi connectivity index (χ1n) is 0.756. The van der Waals surface area contributed by atoms with Gasteiger partial charge in [-0.05, 0) is 0 Å². The zero-order chi connectivity index (χ0) is 4.50. The Balaban J connectivity index is 0. The van der Waals surface area contributed by atoms with Crippen LogP contribution in [0.5, 0.6) is 0 Å². The Bertz CT molecular complexity index is 23.0. The molecule has 0 heterocycles. The second-order valence-electron chi connectivity index (χ2n) is 0.429. The van der Waals surface area contributed by atoms with E-state index in [9.17, 15) is 0 Å². The Hall–Kier alpha value is 2.08. The van der Waals surface area contributed by atoms with Gasteiger partial charge in [-0.2, -0.15) is 0 Å². The summed E-state index contributed by atoms with van der Waals surface area (Å²) in [6.07, 6.45) is 0. The Labute approximate surface area is 56.2 Å². The van der Waals surface area contributed by atoms with Crippen LogP contribution >= 0.6 is 33.3 Å². The van der Waals surface area contributed by atoms with Crippen molar-refractivity contribution in [3.8, 4) is 0 Å². The number of hydrogen-bond donors (Lipinski definition) is 0. The van der Waals surface area contributed by atoms with Crippen LogP contribution in [-0.4, -0.2) is 16.3 Å². The molecule has 0 amide bonds. The standard InChI is InChI=1S/CH4.4ClH.Pb/h1H4;4*1H;/q;;;;;+4/p-4. The van der Waals surface area contributed by atoms with E-state index in [0.29, 0.717) is 0 Å². The number of rotatable bonds is 0.